The lowest BCUT2D eigenvalue weighted by Crippen LogP contribution is -1.90. The Balaban J connectivity index is 1.93. The molecule has 0 saturated heterocycles. The molecular formula is C14H8ClN3O3. The van der Waals surface area contributed by atoms with E-state index in [1.807, 2.05) is 24.3 Å². The van der Waals surface area contributed by atoms with Gasteiger partial charge in [-0.05, 0) is 30.4 Å². The van der Waals surface area contributed by atoms with Crippen LogP contribution in [0.2, 0.25) is 5.15 Å². The van der Waals surface area contributed by atoms with E-state index in [0.29, 0.717) is 16.7 Å². The molecule has 0 radical (unpaired) electrons. The van der Waals surface area contributed by atoms with Gasteiger partial charge in [-0.25, -0.2) is 9.97 Å². The molecule has 0 amide bonds. The molecule has 2 heterocycles. The summed E-state index contributed by atoms with van der Waals surface area (Å²) in [7, 11) is 0. The van der Waals surface area contributed by atoms with Gasteiger partial charge in [0.1, 0.15) is 15.8 Å². The summed E-state index contributed by atoms with van der Waals surface area (Å²) in [5.74, 6) is 0.430. The predicted octanol–water partition coefficient (Wildman–Crippen LogP) is 3.95. The third kappa shape index (κ3) is 2.75. The first-order chi connectivity index (χ1) is 10.1. The summed E-state index contributed by atoms with van der Waals surface area (Å²) in [4.78, 5) is 18.4. The first-order valence-corrected chi connectivity index (χ1v) is 6.36. The zero-order valence-electron chi connectivity index (χ0n) is 10.6. The Morgan fingerprint density at radius 2 is 1.95 bits per heavy atom. The van der Waals surface area contributed by atoms with Gasteiger partial charge in [0.15, 0.2) is 5.82 Å². The van der Waals surface area contributed by atoms with Crippen LogP contribution in [0.1, 0.15) is 11.6 Å². The third-order valence-electron chi connectivity index (χ3n) is 2.76. The number of nitrogens with zero attached hydrogens (tertiary/aromatic N) is 3. The summed E-state index contributed by atoms with van der Waals surface area (Å²) < 4.78 is 5.01. The fourth-order valence-electron chi connectivity index (χ4n) is 1.82. The molecule has 0 atom stereocenters. The van der Waals surface area contributed by atoms with Gasteiger partial charge in [-0.3, -0.25) is 10.1 Å². The van der Waals surface area contributed by atoms with Crippen LogP contribution < -0.4 is 0 Å². The Bertz CT molecular complexity index is 858. The molecule has 104 valence electrons. The van der Waals surface area contributed by atoms with Crippen LogP contribution in [0.25, 0.3) is 23.1 Å². The first-order valence-electron chi connectivity index (χ1n) is 5.98. The zero-order valence-corrected chi connectivity index (χ0v) is 11.3. The van der Waals surface area contributed by atoms with Crippen LogP contribution in [0, 0.1) is 10.1 Å². The Morgan fingerprint density at radius 1 is 1.14 bits per heavy atom. The molecule has 1 aromatic carbocycles. The Hall–Kier alpha value is -2.73. The predicted molar refractivity (Wildman–Crippen MR) is 78.8 cm³/mol. The van der Waals surface area contributed by atoms with E-state index in [-0.39, 0.29) is 5.88 Å². The maximum atomic E-state index is 10.5. The average molecular weight is 302 g/mol. The number of furan rings is 1. The van der Waals surface area contributed by atoms with E-state index in [4.69, 9.17) is 16.0 Å². The quantitative estimate of drug-likeness (QED) is 0.415. The second kappa shape index (κ2) is 5.34. The molecule has 0 fully saturated rings. The molecule has 0 unspecified atom stereocenters. The van der Waals surface area contributed by atoms with Gasteiger partial charge in [0, 0.05) is 5.39 Å². The van der Waals surface area contributed by atoms with Crippen LogP contribution in [-0.2, 0) is 0 Å². The molecule has 2 aromatic heterocycles. The minimum atomic E-state index is -0.596. The molecule has 0 N–H and O–H groups in total. The molecule has 0 aliphatic carbocycles. The third-order valence-corrected chi connectivity index (χ3v) is 3.05. The molecule has 0 aliphatic rings. The summed E-state index contributed by atoms with van der Waals surface area (Å²) in [5, 5.41) is 11.6. The van der Waals surface area contributed by atoms with Gasteiger partial charge < -0.3 is 4.42 Å². The normalized spacial score (nSPS) is 11.3. The monoisotopic (exact) mass is 301 g/mol. The smallest absolute Gasteiger partial charge is 0.401 e. The summed E-state index contributed by atoms with van der Waals surface area (Å²) in [6.07, 6.45) is 3.13. The molecule has 7 heteroatoms. The summed E-state index contributed by atoms with van der Waals surface area (Å²) in [6.45, 7) is 0. The maximum absolute atomic E-state index is 10.5. The van der Waals surface area contributed by atoms with Crippen molar-refractivity contribution in [2.45, 2.75) is 0 Å². The van der Waals surface area contributed by atoms with E-state index in [1.165, 1.54) is 12.1 Å². The molecule has 6 nitrogen and oxygen atoms in total. The van der Waals surface area contributed by atoms with Crippen LogP contribution in [0.15, 0.2) is 40.8 Å². The molecule has 21 heavy (non-hydrogen) atoms. The molecule has 3 aromatic rings. The number of aromatic nitrogens is 2. The van der Waals surface area contributed by atoms with Gasteiger partial charge in [-0.1, -0.05) is 23.7 Å². The second-order valence-corrected chi connectivity index (χ2v) is 4.51. The minimum absolute atomic E-state index is 0.313. The van der Waals surface area contributed by atoms with Crippen LogP contribution in [0.4, 0.5) is 5.88 Å². The number of nitro groups is 1. The number of hydrogen-bond acceptors (Lipinski definition) is 5. The molecule has 3 rings (SSSR count). The number of rotatable bonds is 3. The van der Waals surface area contributed by atoms with Crippen molar-refractivity contribution in [3.05, 3.63) is 63.3 Å². The van der Waals surface area contributed by atoms with Crippen LogP contribution in [-0.4, -0.2) is 14.9 Å². The highest BCUT2D eigenvalue weighted by atomic mass is 35.5. The van der Waals surface area contributed by atoms with Crippen molar-refractivity contribution in [1.82, 2.24) is 9.97 Å². The van der Waals surface area contributed by atoms with E-state index in [0.717, 1.165) is 10.9 Å². The average Bonchev–Trinajstić information content (AvgIpc) is 2.94. The number of halogens is 1. The Kier molecular flexibility index (Phi) is 3.37. The highest BCUT2D eigenvalue weighted by Crippen LogP contribution is 2.21. The SMILES string of the molecule is O=[N+]([O-])c1ccc(C=Cc2nc(Cl)c3ccccc3n2)o1. The first kappa shape index (κ1) is 13.3. The standard InChI is InChI=1S/C14H8ClN3O3/c15-14-10-3-1-2-4-11(10)16-12(17-14)7-5-9-6-8-13(21-9)18(19)20/h1-8H. The fourth-order valence-corrected chi connectivity index (χ4v) is 2.06. The molecule has 0 bridgehead atoms. The molecule has 0 saturated carbocycles. The van der Waals surface area contributed by atoms with E-state index < -0.39 is 4.92 Å². The second-order valence-electron chi connectivity index (χ2n) is 4.16. The van der Waals surface area contributed by atoms with Crippen LogP contribution in [0.3, 0.4) is 0 Å². The van der Waals surface area contributed by atoms with Crippen molar-refractivity contribution in [3.8, 4) is 0 Å². The summed E-state index contributed by atoms with van der Waals surface area (Å²) >= 11 is 6.09. The number of para-hydroxylation sites is 1. The van der Waals surface area contributed by atoms with Crippen molar-refractivity contribution in [2.24, 2.45) is 0 Å². The topological polar surface area (TPSA) is 82.1 Å². The van der Waals surface area contributed by atoms with Crippen molar-refractivity contribution >= 4 is 40.5 Å². The van der Waals surface area contributed by atoms with Gasteiger partial charge in [0.05, 0.1) is 11.6 Å². The summed E-state index contributed by atoms with van der Waals surface area (Å²) in [5.41, 5.74) is 0.725. The lowest BCUT2D eigenvalue weighted by Gasteiger charge is -2.00. The van der Waals surface area contributed by atoms with E-state index in [9.17, 15) is 10.1 Å². The molecule has 0 aliphatic heterocycles. The Labute approximate surface area is 123 Å². The van der Waals surface area contributed by atoms with Crippen molar-refractivity contribution in [1.29, 1.82) is 0 Å². The van der Waals surface area contributed by atoms with Gasteiger partial charge in [0.25, 0.3) is 0 Å². The van der Waals surface area contributed by atoms with E-state index >= 15 is 0 Å². The van der Waals surface area contributed by atoms with E-state index in [2.05, 4.69) is 9.97 Å². The van der Waals surface area contributed by atoms with Crippen molar-refractivity contribution in [2.75, 3.05) is 0 Å². The van der Waals surface area contributed by atoms with Gasteiger partial charge in [-0.15, -0.1) is 0 Å². The Morgan fingerprint density at radius 3 is 2.71 bits per heavy atom. The van der Waals surface area contributed by atoms with E-state index in [1.54, 1.807) is 12.2 Å². The number of fused-ring (bicyclic) bond motifs is 1. The van der Waals surface area contributed by atoms with Crippen molar-refractivity contribution in [3.63, 3.8) is 0 Å². The minimum Gasteiger partial charge on any atom is -0.401 e. The van der Waals surface area contributed by atoms with Crippen LogP contribution in [0.5, 0.6) is 0 Å². The lowest BCUT2D eigenvalue weighted by atomic mass is 10.2. The molecule has 0 spiro atoms. The van der Waals surface area contributed by atoms with Gasteiger partial charge in [-0.2, -0.15) is 0 Å². The summed E-state index contributed by atoms with van der Waals surface area (Å²) in [6, 6.07) is 10.2. The lowest BCUT2D eigenvalue weighted by molar-refractivity contribution is -0.402. The van der Waals surface area contributed by atoms with Crippen LogP contribution >= 0.6 is 11.6 Å². The zero-order chi connectivity index (χ0) is 14.8. The van der Waals surface area contributed by atoms with Gasteiger partial charge >= 0.3 is 5.88 Å². The number of hydrogen-bond donors (Lipinski definition) is 0. The fraction of sp³-hybridized carbons (Fsp3) is 0. The highest BCUT2D eigenvalue weighted by molar-refractivity contribution is 6.34. The number of benzene rings is 1. The largest absolute Gasteiger partial charge is 0.433 e. The van der Waals surface area contributed by atoms with Crippen molar-refractivity contribution < 1.29 is 9.34 Å². The highest BCUT2D eigenvalue weighted by Gasteiger charge is 2.10. The molecular weight excluding hydrogens is 294 g/mol. The maximum Gasteiger partial charge on any atom is 0.433 e. The van der Waals surface area contributed by atoms with Gasteiger partial charge in [0.2, 0.25) is 0 Å².